The van der Waals surface area contributed by atoms with E-state index in [2.05, 4.69) is 10.3 Å². The molecule has 0 fully saturated rings. The fourth-order valence-electron chi connectivity index (χ4n) is 2.58. The monoisotopic (exact) mass is 366 g/mol. The number of ether oxygens (including phenoxy) is 1. The standard InChI is InChI=1S/C21H22N2O2S/c1-15-6-3-4-7-20(15)25-13-5-8-21(24)23-18-11-9-17(10-12-18)19-14-26-16(2)22-19/h3-4,6-7,9-12,14H,5,8,13H2,1-2H3,(H,23,24). The number of nitrogens with zero attached hydrogens (tertiary/aromatic N) is 1. The Hall–Kier alpha value is -2.66. The van der Waals surface area contributed by atoms with Gasteiger partial charge in [-0.15, -0.1) is 11.3 Å². The Balaban J connectivity index is 1.44. The molecular weight excluding hydrogens is 344 g/mol. The number of carbonyl (C=O) groups excluding carboxylic acids is 1. The average Bonchev–Trinajstić information content (AvgIpc) is 3.07. The van der Waals surface area contributed by atoms with Crippen LogP contribution in [0.1, 0.15) is 23.4 Å². The fraction of sp³-hybridized carbons (Fsp3) is 0.238. The molecule has 0 saturated carbocycles. The molecule has 26 heavy (non-hydrogen) atoms. The zero-order valence-electron chi connectivity index (χ0n) is 15.0. The van der Waals surface area contributed by atoms with E-state index in [1.165, 1.54) is 0 Å². The first-order valence-electron chi connectivity index (χ1n) is 8.62. The molecule has 2 aromatic carbocycles. The number of benzene rings is 2. The second-order valence-electron chi connectivity index (χ2n) is 6.09. The van der Waals surface area contributed by atoms with E-state index in [0.29, 0.717) is 19.4 Å². The van der Waals surface area contributed by atoms with Crippen molar-refractivity contribution in [2.75, 3.05) is 11.9 Å². The predicted molar refractivity (Wildman–Crippen MR) is 107 cm³/mol. The maximum atomic E-state index is 12.1. The summed E-state index contributed by atoms with van der Waals surface area (Å²) in [5.74, 6) is 0.872. The number of anilines is 1. The van der Waals surface area contributed by atoms with E-state index in [1.54, 1.807) is 11.3 Å². The van der Waals surface area contributed by atoms with Crippen LogP contribution in [0.25, 0.3) is 11.3 Å². The van der Waals surface area contributed by atoms with Crippen molar-refractivity contribution in [1.82, 2.24) is 4.98 Å². The normalized spacial score (nSPS) is 10.5. The summed E-state index contributed by atoms with van der Waals surface area (Å²) in [6.07, 6.45) is 1.11. The fourth-order valence-corrected chi connectivity index (χ4v) is 3.20. The van der Waals surface area contributed by atoms with Crippen molar-refractivity contribution < 1.29 is 9.53 Å². The van der Waals surface area contributed by atoms with Gasteiger partial charge in [0.2, 0.25) is 5.91 Å². The maximum Gasteiger partial charge on any atom is 0.224 e. The van der Waals surface area contributed by atoms with Crippen LogP contribution in [0.3, 0.4) is 0 Å². The van der Waals surface area contributed by atoms with Crippen LogP contribution in [0.5, 0.6) is 5.75 Å². The smallest absolute Gasteiger partial charge is 0.224 e. The van der Waals surface area contributed by atoms with Gasteiger partial charge in [-0.1, -0.05) is 30.3 Å². The Morgan fingerprint density at radius 1 is 1.12 bits per heavy atom. The summed E-state index contributed by atoms with van der Waals surface area (Å²) in [6, 6.07) is 15.7. The van der Waals surface area contributed by atoms with E-state index in [0.717, 1.165) is 33.3 Å². The highest BCUT2D eigenvalue weighted by molar-refractivity contribution is 7.09. The third-order valence-corrected chi connectivity index (χ3v) is 4.76. The average molecular weight is 366 g/mol. The topological polar surface area (TPSA) is 51.2 Å². The van der Waals surface area contributed by atoms with E-state index in [-0.39, 0.29) is 5.91 Å². The molecule has 0 radical (unpaired) electrons. The highest BCUT2D eigenvalue weighted by atomic mass is 32.1. The lowest BCUT2D eigenvalue weighted by Crippen LogP contribution is -2.12. The molecule has 1 aromatic heterocycles. The number of thiazole rings is 1. The van der Waals surface area contributed by atoms with Crippen LogP contribution in [0.2, 0.25) is 0 Å². The third-order valence-electron chi connectivity index (χ3n) is 3.98. The summed E-state index contributed by atoms with van der Waals surface area (Å²) in [5.41, 5.74) is 3.93. The van der Waals surface area contributed by atoms with Crippen molar-refractivity contribution in [3.8, 4) is 17.0 Å². The molecule has 5 heteroatoms. The van der Waals surface area contributed by atoms with Crippen LogP contribution >= 0.6 is 11.3 Å². The molecule has 1 heterocycles. The number of aromatic nitrogens is 1. The molecule has 1 amide bonds. The van der Waals surface area contributed by atoms with E-state index < -0.39 is 0 Å². The number of carbonyl (C=O) groups is 1. The third kappa shape index (κ3) is 4.92. The first kappa shape index (κ1) is 18.1. The number of nitrogens with one attached hydrogen (secondary N) is 1. The van der Waals surface area contributed by atoms with Crippen LogP contribution in [0.4, 0.5) is 5.69 Å². The van der Waals surface area contributed by atoms with Crippen LogP contribution in [0, 0.1) is 13.8 Å². The molecule has 1 N–H and O–H groups in total. The van der Waals surface area contributed by atoms with Crippen molar-refractivity contribution in [3.63, 3.8) is 0 Å². The Kier molecular flexibility index (Phi) is 6.02. The lowest BCUT2D eigenvalue weighted by Gasteiger charge is -2.09. The molecule has 0 unspecified atom stereocenters. The molecule has 0 spiro atoms. The second-order valence-corrected chi connectivity index (χ2v) is 7.16. The van der Waals surface area contributed by atoms with Crippen molar-refractivity contribution in [2.45, 2.75) is 26.7 Å². The number of aryl methyl sites for hydroxylation is 2. The molecule has 0 saturated heterocycles. The summed E-state index contributed by atoms with van der Waals surface area (Å²) < 4.78 is 5.72. The first-order valence-corrected chi connectivity index (χ1v) is 9.50. The van der Waals surface area contributed by atoms with Gasteiger partial charge in [0.1, 0.15) is 5.75 Å². The Morgan fingerprint density at radius 3 is 2.58 bits per heavy atom. The van der Waals surface area contributed by atoms with E-state index in [9.17, 15) is 4.79 Å². The summed E-state index contributed by atoms with van der Waals surface area (Å²) in [6.45, 7) is 4.53. The molecule has 3 rings (SSSR count). The van der Waals surface area contributed by atoms with Crippen LogP contribution in [0.15, 0.2) is 53.9 Å². The Labute approximate surface area is 157 Å². The summed E-state index contributed by atoms with van der Waals surface area (Å²) in [5, 5.41) is 6.01. The van der Waals surface area contributed by atoms with Gasteiger partial charge < -0.3 is 10.1 Å². The lowest BCUT2D eigenvalue weighted by atomic mass is 10.1. The van der Waals surface area contributed by atoms with Gasteiger partial charge in [-0.25, -0.2) is 4.98 Å². The molecule has 0 aliphatic carbocycles. The highest BCUT2D eigenvalue weighted by Crippen LogP contribution is 2.23. The number of amides is 1. The minimum Gasteiger partial charge on any atom is -0.493 e. The maximum absolute atomic E-state index is 12.1. The SMILES string of the molecule is Cc1nc(-c2ccc(NC(=O)CCCOc3ccccc3C)cc2)cs1. The van der Waals surface area contributed by atoms with Gasteiger partial charge >= 0.3 is 0 Å². The molecule has 0 aliphatic heterocycles. The number of hydrogen-bond donors (Lipinski definition) is 1. The van der Waals surface area contributed by atoms with Crippen molar-refractivity contribution >= 4 is 22.9 Å². The lowest BCUT2D eigenvalue weighted by molar-refractivity contribution is -0.116. The van der Waals surface area contributed by atoms with E-state index in [4.69, 9.17) is 4.74 Å². The number of hydrogen-bond acceptors (Lipinski definition) is 4. The van der Waals surface area contributed by atoms with Gasteiger partial charge in [0.05, 0.1) is 17.3 Å². The molecular formula is C21H22N2O2S. The van der Waals surface area contributed by atoms with E-state index in [1.807, 2.05) is 67.8 Å². The molecule has 0 aliphatic rings. The van der Waals surface area contributed by atoms with Gasteiger partial charge in [-0.3, -0.25) is 4.79 Å². The molecule has 134 valence electrons. The number of rotatable bonds is 7. The van der Waals surface area contributed by atoms with Gasteiger partial charge in [0.25, 0.3) is 0 Å². The minimum absolute atomic E-state index is 0.00404. The summed E-state index contributed by atoms with van der Waals surface area (Å²) in [7, 11) is 0. The molecule has 0 bridgehead atoms. The second kappa shape index (κ2) is 8.63. The molecule has 3 aromatic rings. The van der Waals surface area contributed by atoms with Gasteiger partial charge in [-0.2, -0.15) is 0 Å². The Bertz CT molecular complexity index is 872. The molecule has 0 atom stereocenters. The van der Waals surface area contributed by atoms with Crippen LogP contribution in [-0.2, 0) is 4.79 Å². The van der Waals surface area contributed by atoms with Crippen molar-refractivity contribution in [2.24, 2.45) is 0 Å². The quantitative estimate of drug-likeness (QED) is 0.583. The number of para-hydroxylation sites is 1. The van der Waals surface area contributed by atoms with Gasteiger partial charge in [-0.05, 0) is 44.0 Å². The molecule has 4 nitrogen and oxygen atoms in total. The zero-order chi connectivity index (χ0) is 18.4. The van der Waals surface area contributed by atoms with Crippen molar-refractivity contribution in [1.29, 1.82) is 0 Å². The zero-order valence-corrected chi connectivity index (χ0v) is 15.8. The van der Waals surface area contributed by atoms with Crippen LogP contribution in [-0.4, -0.2) is 17.5 Å². The minimum atomic E-state index is -0.00404. The van der Waals surface area contributed by atoms with Crippen LogP contribution < -0.4 is 10.1 Å². The van der Waals surface area contributed by atoms with Crippen molar-refractivity contribution in [3.05, 3.63) is 64.5 Å². The van der Waals surface area contributed by atoms with E-state index >= 15 is 0 Å². The first-order chi connectivity index (χ1) is 12.6. The largest absolute Gasteiger partial charge is 0.493 e. The summed E-state index contributed by atoms with van der Waals surface area (Å²) >= 11 is 1.63. The predicted octanol–water partition coefficient (Wildman–Crippen LogP) is 5.22. The Morgan fingerprint density at radius 2 is 1.88 bits per heavy atom. The van der Waals surface area contributed by atoms with Gasteiger partial charge in [0, 0.05) is 23.1 Å². The summed E-state index contributed by atoms with van der Waals surface area (Å²) in [4.78, 5) is 16.5. The highest BCUT2D eigenvalue weighted by Gasteiger charge is 2.05. The van der Waals surface area contributed by atoms with Gasteiger partial charge in [0.15, 0.2) is 0 Å².